The third-order valence-corrected chi connectivity index (χ3v) is 5.95. The van der Waals surface area contributed by atoms with Crippen LogP contribution in [-0.2, 0) is 17.8 Å². The molecule has 2 aliphatic heterocycles. The molecule has 0 saturated carbocycles. The van der Waals surface area contributed by atoms with Gasteiger partial charge in [0, 0.05) is 51.0 Å². The number of fused-ring (bicyclic) bond motifs is 1. The third kappa shape index (κ3) is 3.77. The quantitative estimate of drug-likeness (QED) is 0.777. The number of aromatic nitrogens is 4. The van der Waals surface area contributed by atoms with Gasteiger partial charge in [0.25, 0.3) is 5.91 Å². The van der Waals surface area contributed by atoms with Gasteiger partial charge < -0.3 is 18.8 Å². The van der Waals surface area contributed by atoms with E-state index in [1.165, 1.54) is 6.39 Å². The lowest BCUT2D eigenvalue weighted by Gasteiger charge is -2.31. The number of hydrogen-bond acceptors (Lipinski definition) is 6. The summed E-state index contributed by atoms with van der Waals surface area (Å²) in [5, 5.41) is 8.89. The van der Waals surface area contributed by atoms with Crippen LogP contribution in [0.4, 0.5) is 0 Å². The van der Waals surface area contributed by atoms with Crippen molar-refractivity contribution < 1.29 is 14.0 Å². The first-order valence-electron chi connectivity index (χ1n) is 10.4. The standard InChI is InChI=1S/C20H28N6O3/c1-13(2)19(27)25-9-6-16-22-23-18(26(16)11-10-25)15-4-7-24(8-5-15)20(28)17-14(3)21-12-29-17/h12-13,15H,4-11H2,1-3H3. The van der Waals surface area contributed by atoms with Gasteiger partial charge in [0.1, 0.15) is 11.6 Å². The second-order valence-corrected chi connectivity index (χ2v) is 8.19. The molecule has 2 aromatic heterocycles. The van der Waals surface area contributed by atoms with Crippen LogP contribution in [0, 0.1) is 12.8 Å². The highest BCUT2D eigenvalue weighted by atomic mass is 16.3. The van der Waals surface area contributed by atoms with Crippen molar-refractivity contribution in [3.63, 3.8) is 0 Å². The van der Waals surface area contributed by atoms with Crippen LogP contribution in [0.25, 0.3) is 0 Å². The first-order valence-corrected chi connectivity index (χ1v) is 10.4. The molecule has 4 rings (SSSR count). The van der Waals surface area contributed by atoms with Gasteiger partial charge in [-0.1, -0.05) is 13.8 Å². The fourth-order valence-corrected chi connectivity index (χ4v) is 4.22. The van der Waals surface area contributed by atoms with Gasteiger partial charge in [0.15, 0.2) is 6.39 Å². The zero-order chi connectivity index (χ0) is 20.5. The molecule has 4 heterocycles. The van der Waals surface area contributed by atoms with Crippen LogP contribution < -0.4 is 0 Å². The minimum Gasteiger partial charge on any atom is -0.438 e. The SMILES string of the molecule is Cc1ncoc1C(=O)N1CCC(c2nnc3n2CCN(C(=O)C(C)C)CC3)CC1. The van der Waals surface area contributed by atoms with Crippen molar-refractivity contribution in [2.45, 2.75) is 52.5 Å². The van der Waals surface area contributed by atoms with E-state index >= 15 is 0 Å². The molecule has 1 saturated heterocycles. The Morgan fingerprint density at radius 2 is 1.83 bits per heavy atom. The van der Waals surface area contributed by atoms with Crippen LogP contribution in [-0.4, -0.2) is 67.5 Å². The summed E-state index contributed by atoms with van der Waals surface area (Å²) in [6.07, 6.45) is 3.72. The van der Waals surface area contributed by atoms with Gasteiger partial charge in [-0.15, -0.1) is 10.2 Å². The number of carbonyl (C=O) groups excluding carboxylic acids is 2. The van der Waals surface area contributed by atoms with Crippen LogP contribution >= 0.6 is 0 Å². The lowest BCUT2D eigenvalue weighted by molar-refractivity contribution is -0.134. The molecule has 0 unspecified atom stereocenters. The number of aryl methyl sites for hydroxylation is 1. The zero-order valence-corrected chi connectivity index (χ0v) is 17.3. The van der Waals surface area contributed by atoms with E-state index in [4.69, 9.17) is 4.42 Å². The molecule has 1 fully saturated rings. The summed E-state index contributed by atoms with van der Waals surface area (Å²) in [5.41, 5.74) is 0.625. The second-order valence-electron chi connectivity index (χ2n) is 8.19. The van der Waals surface area contributed by atoms with Crippen LogP contribution in [0.3, 0.4) is 0 Å². The molecule has 9 nitrogen and oxygen atoms in total. The van der Waals surface area contributed by atoms with Crippen molar-refractivity contribution in [3.8, 4) is 0 Å². The predicted molar refractivity (Wildman–Crippen MR) is 104 cm³/mol. The van der Waals surface area contributed by atoms with Gasteiger partial charge in [-0.3, -0.25) is 9.59 Å². The highest BCUT2D eigenvalue weighted by Crippen LogP contribution is 2.29. The highest BCUT2D eigenvalue weighted by molar-refractivity contribution is 5.92. The average molecular weight is 400 g/mol. The Hall–Kier alpha value is -2.71. The summed E-state index contributed by atoms with van der Waals surface area (Å²) in [5.74, 6) is 2.64. The summed E-state index contributed by atoms with van der Waals surface area (Å²) in [6.45, 7) is 9.08. The number of oxazole rings is 1. The fraction of sp³-hybridized carbons (Fsp3) is 0.650. The van der Waals surface area contributed by atoms with Crippen molar-refractivity contribution in [2.24, 2.45) is 5.92 Å². The maximum absolute atomic E-state index is 12.6. The Labute approximate surface area is 170 Å². The Kier molecular flexibility index (Phi) is 5.38. The molecular formula is C20H28N6O3. The Morgan fingerprint density at radius 3 is 2.48 bits per heavy atom. The van der Waals surface area contributed by atoms with Crippen molar-refractivity contribution >= 4 is 11.8 Å². The van der Waals surface area contributed by atoms with E-state index in [9.17, 15) is 9.59 Å². The molecule has 9 heteroatoms. The molecule has 0 atom stereocenters. The Bertz CT molecular complexity index is 894. The average Bonchev–Trinajstić information content (AvgIpc) is 3.27. The predicted octanol–water partition coefficient (Wildman–Crippen LogP) is 1.64. The molecule has 0 N–H and O–H groups in total. The summed E-state index contributed by atoms with van der Waals surface area (Å²) in [4.78, 5) is 32.8. The number of hydrogen-bond donors (Lipinski definition) is 0. The van der Waals surface area contributed by atoms with E-state index < -0.39 is 0 Å². The van der Waals surface area contributed by atoms with E-state index in [0.717, 1.165) is 37.5 Å². The topological polar surface area (TPSA) is 97.4 Å². The van der Waals surface area contributed by atoms with Gasteiger partial charge in [0.2, 0.25) is 11.7 Å². The van der Waals surface area contributed by atoms with Crippen LogP contribution in [0.2, 0.25) is 0 Å². The maximum Gasteiger partial charge on any atom is 0.291 e. The highest BCUT2D eigenvalue weighted by Gasteiger charge is 2.31. The molecule has 0 aromatic carbocycles. The van der Waals surface area contributed by atoms with Crippen LogP contribution in [0.15, 0.2) is 10.8 Å². The van der Waals surface area contributed by atoms with Crippen molar-refractivity contribution in [2.75, 3.05) is 26.2 Å². The normalized spacial score (nSPS) is 18.1. The molecule has 2 aliphatic rings. The third-order valence-electron chi connectivity index (χ3n) is 5.95. The number of carbonyl (C=O) groups is 2. The molecule has 2 aromatic rings. The van der Waals surface area contributed by atoms with Gasteiger partial charge in [-0.25, -0.2) is 4.98 Å². The second kappa shape index (κ2) is 7.96. The van der Waals surface area contributed by atoms with E-state index in [1.54, 1.807) is 6.92 Å². The lowest BCUT2D eigenvalue weighted by Crippen LogP contribution is -2.39. The van der Waals surface area contributed by atoms with Gasteiger partial charge in [-0.2, -0.15) is 0 Å². The number of amides is 2. The molecule has 0 spiro atoms. The van der Waals surface area contributed by atoms with E-state index in [0.29, 0.717) is 37.6 Å². The summed E-state index contributed by atoms with van der Waals surface area (Å²) in [6, 6.07) is 0. The van der Waals surface area contributed by atoms with Crippen molar-refractivity contribution in [1.29, 1.82) is 0 Å². The van der Waals surface area contributed by atoms with E-state index in [-0.39, 0.29) is 23.7 Å². The van der Waals surface area contributed by atoms with Gasteiger partial charge >= 0.3 is 0 Å². The van der Waals surface area contributed by atoms with E-state index in [2.05, 4.69) is 19.7 Å². The van der Waals surface area contributed by atoms with Crippen LogP contribution in [0.1, 0.15) is 60.5 Å². The summed E-state index contributed by atoms with van der Waals surface area (Å²) < 4.78 is 7.44. The van der Waals surface area contributed by atoms with Crippen LogP contribution in [0.5, 0.6) is 0 Å². The van der Waals surface area contributed by atoms with Gasteiger partial charge in [-0.05, 0) is 19.8 Å². The number of nitrogens with zero attached hydrogens (tertiary/aromatic N) is 6. The Balaban J connectivity index is 1.41. The monoisotopic (exact) mass is 400 g/mol. The van der Waals surface area contributed by atoms with Crippen molar-refractivity contribution in [3.05, 3.63) is 29.5 Å². The molecule has 0 bridgehead atoms. The number of likely N-dealkylation sites (tertiary alicyclic amines) is 1. The molecule has 2 amide bonds. The number of rotatable bonds is 3. The van der Waals surface area contributed by atoms with Crippen molar-refractivity contribution in [1.82, 2.24) is 29.5 Å². The minimum absolute atomic E-state index is 0.00730. The first-order chi connectivity index (χ1) is 14.0. The molecular weight excluding hydrogens is 372 g/mol. The lowest BCUT2D eigenvalue weighted by atomic mass is 9.95. The van der Waals surface area contributed by atoms with E-state index in [1.807, 2.05) is 23.6 Å². The number of piperidine rings is 1. The fourth-order valence-electron chi connectivity index (χ4n) is 4.22. The molecule has 29 heavy (non-hydrogen) atoms. The largest absolute Gasteiger partial charge is 0.438 e. The van der Waals surface area contributed by atoms with Gasteiger partial charge in [0.05, 0.1) is 5.69 Å². The Morgan fingerprint density at radius 1 is 1.07 bits per heavy atom. The molecule has 156 valence electrons. The smallest absolute Gasteiger partial charge is 0.291 e. The zero-order valence-electron chi connectivity index (χ0n) is 17.3. The first kappa shape index (κ1) is 19.6. The molecule has 0 aliphatic carbocycles. The summed E-state index contributed by atoms with van der Waals surface area (Å²) in [7, 11) is 0. The summed E-state index contributed by atoms with van der Waals surface area (Å²) >= 11 is 0. The minimum atomic E-state index is -0.0960. The molecule has 0 radical (unpaired) electrons. The maximum atomic E-state index is 12.6.